The van der Waals surface area contributed by atoms with Gasteiger partial charge >= 0.3 is 12.3 Å². The maximum absolute atomic E-state index is 12.8. The van der Waals surface area contributed by atoms with Gasteiger partial charge in [-0.15, -0.1) is 0 Å². The van der Waals surface area contributed by atoms with Gasteiger partial charge in [0.25, 0.3) is 0 Å². The predicted octanol–water partition coefficient (Wildman–Crippen LogP) is 2.37. The molecule has 1 fully saturated rings. The number of hydrogen-bond donors (Lipinski definition) is 1. The monoisotopic (exact) mass is 250 g/mol. The van der Waals surface area contributed by atoms with Crippen molar-refractivity contribution >= 4 is 6.16 Å². The van der Waals surface area contributed by atoms with Gasteiger partial charge in [0.15, 0.2) is 0 Å². The standard InChI is InChI=1S/C9H9F3N2O3/c1-14-7(17-8(15)16)5(9(10,11)12)6(13-14)4-2-3-4/h4H,2-3H2,1H3,(H,15,16). The van der Waals surface area contributed by atoms with E-state index in [-0.39, 0.29) is 11.6 Å². The molecule has 0 unspecified atom stereocenters. The number of carbonyl (C=O) groups is 1. The smallest absolute Gasteiger partial charge is 0.449 e. The number of ether oxygens (including phenoxy) is 1. The number of aromatic nitrogens is 2. The minimum absolute atomic E-state index is 0.128. The second-order valence-electron chi connectivity index (χ2n) is 3.83. The fourth-order valence-corrected chi connectivity index (χ4v) is 1.64. The molecular weight excluding hydrogens is 241 g/mol. The van der Waals surface area contributed by atoms with Crippen LogP contribution in [0.5, 0.6) is 5.88 Å². The Morgan fingerprint density at radius 2 is 2.12 bits per heavy atom. The van der Waals surface area contributed by atoms with E-state index in [0.717, 1.165) is 4.68 Å². The lowest BCUT2D eigenvalue weighted by Gasteiger charge is -2.08. The van der Waals surface area contributed by atoms with E-state index in [0.29, 0.717) is 12.8 Å². The van der Waals surface area contributed by atoms with Crippen molar-refractivity contribution in [1.82, 2.24) is 9.78 Å². The highest BCUT2D eigenvalue weighted by Crippen LogP contribution is 2.48. The number of carboxylic acid groups (broad SMARTS) is 1. The SMILES string of the molecule is Cn1nc(C2CC2)c(C(F)(F)F)c1OC(=O)O. The summed E-state index contributed by atoms with van der Waals surface area (Å²) in [6.07, 6.45) is -5.20. The summed E-state index contributed by atoms with van der Waals surface area (Å²) in [5.41, 5.74) is -1.21. The molecule has 1 aromatic heterocycles. The topological polar surface area (TPSA) is 64.4 Å². The van der Waals surface area contributed by atoms with E-state index < -0.39 is 23.8 Å². The maximum Gasteiger partial charge on any atom is 0.512 e. The molecule has 0 radical (unpaired) electrons. The number of halogens is 3. The van der Waals surface area contributed by atoms with Crippen molar-refractivity contribution in [2.24, 2.45) is 7.05 Å². The highest BCUT2D eigenvalue weighted by molar-refractivity contribution is 5.61. The Balaban J connectivity index is 2.52. The van der Waals surface area contributed by atoms with Crippen LogP contribution in [0.1, 0.15) is 30.0 Å². The van der Waals surface area contributed by atoms with E-state index in [1.165, 1.54) is 7.05 Å². The van der Waals surface area contributed by atoms with Crippen LogP contribution >= 0.6 is 0 Å². The first-order chi connectivity index (χ1) is 7.80. The number of alkyl halides is 3. The average Bonchev–Trinajstić information content (AvgIpc) is 2.91. The summed E-state index contributed by atoms with van der Waals surface area (Å²) in [7, 11) is 1.22. The highest BCUT2D eigenvalue weighted by atomic mass is 19.4. The average molecular weight is 250 g/mol. The zero-order chi connectivity index (χ0) is 12.8. The van der Waals surface area contributed by atoms with Crippen LogP contribution in [0.4, 0.5) is 18.0 Å². The number of aryl methyl sites for hydroxylation is 1. The molecule has 0 saturated heterocycles. The summed E-state index contributed by atoms with van der Waals surface area (Å²) >= 11 is 0. The van der Waals surface area contributed by atoms with Gasteiger partial charge in [-0.1, -0.05) is 0 Å². The molecule has 1 saturated carbocycles. The van der Waals surface area contributed by atoms with E-state index in [1.54, 1.807) is 0 Å². The Bertz CT molecular complexity index is 463. The lowest BCUT2D eigenvalue weighted by Crippen LogP contribution is -2.13. The molecule has 0 spiro atoms. The summed E-state index contributed by atoms with van der Waals surface area (Å²) < 4.78 is 43.5. The van der Waals surface area contributed by atoms with Crippen LogP contribution in [0, 0.1) is 0 Å². The van der Waals surface area contributed by atoms with Gasteiger partial charge in [-0.2, -0.15) is 18.3 Å². The number of rotatable bonds is 2. The van der Waals surface area contributed by atoms with Gasteiger partial charge in [0.1, 0.15) is 5.56 Å². The van der Waals surface area contributed by atoms with Crippen molar-refractivity contribution in [3.63, 3.8) is 0 Å². The van der Waals surface area contributed by atoms with Crippen molar-refractivity contribution in [3.05, 3.63) is 11.3 Å². The Morgan fingerprint density at radius 3 is 2.53 bits per heavy atom. The largest absolute Gasteiger partial charge is 0.512 e. The van der Waals surface area contributed by atoms with Crippen molar-refractivity contribution in [3.8, 4) is 5.88 Å². The minimum Gasteiger partial charge on any atom is -0.449 e. The van der Waals surface area contributed by atoms with E-state index in [2.05, 4.69) is 9.84 Å². The first kappa shape index (κ1) is 11.7. The van der Waals surface area contributed by atoms with Gasteiger partial charge in [0, 0.05) is 13.0 Å². The van der Waals surface area contributed by atoms with E-state index in [4.69, 9.17) is 5.11 Å². The molecule has 1 aromatic rings. The molecule has 5 nitrogen and oxygen atoms in total. The third-order valence-electron chi connectivity index (χ3n) is 2.45. The third kappa shape index (κ3) is 2.20. The van der Waals surface area contributed by atoms with E-state index >= 15 is 0 Å². The van der Waals surface area contributed by atoms with Crippen LogP contribution in [0.3, 0.4) is 0 Å². The van der Waals surface area contributed by atoms with Gasteiger partial charge in [0.2, 0.25) is 5.88 Å². The predicted molar refractivity (Wildman–Crippen MR) is 48.8 cm³/mol. The molecular formula is C9H9F3N2O3. The van der Waals surface area contributed by atoms with Crippen molar-refractivity contribution in [1.29, 1.82) is 0 Å². The molecule has 0 bridgehead atoms. The summed E-state index contributed by atoms with van der Waals surface area (Å²) in [6, 6.07) is 0. The van der Waals surface area contributed by atoms with E-state index in [9.17, 15) is 18.0 Å². The fourth-order valence-electron chi connectivity index (χ4n) is 1.64. The quantitative estimate of drug-likeness (QED) is 0.818. The first-order valence-electron chi connectivity index (χ1n) is 4.85. The van der Waals surface area contributed by atoms with E-state index in [1.807, 2.05) is 0 Å². The van der Waals surface area contributed by atoms with Gasteiger partial charge in [-0.3, -0.25) is 0 Å². The Hall–Kier alpha value is -1.73. The summed E-state index contributed by atoms with van der Waals surface area (Å²) in [5, 5.41) is 12.1. The maximum atomic E-state index is 12.8. The van der Waals surface area contributed by atoms with Gasteiger partial charge in [0.05, 0.1) is 5.69 Å². The van der Waals surface area contributed by atoms with Gasteiger partial charge in [-0.25, -0.2) is 9.48 Å². The van der Waals surface area contributed by atoms with Gasteiger partial charge in [-0.05, 0) is 12.8 Å². The molecule has 0 amide bonds. The molecule has 0 aliphatic heterocycles. The van der Waals surface area contributed by atoms with Crippen molar-refractivity contribution < 1.29 is 27.8 Å². The molecule has 17 heavy (non-hydrogen) atoms. The van der Waals surface area contributed by atoms with Crippen LogP contribution in [0.2, 0.25) is 0 Å². The summed E-state index contributed by atoms with van der Waals surface area (Å²) in [4.78, 5) is 10.4. The molecule has 8 heteroatoms. The van der Waals surface area contributed by atoms with Crippen molar-refractivity contribution in [2.75, 3.05) is 0 Å². The van der Waals surface area contributed by atoms with Crippen LogP contribution in [0.15, 0.2) is 0 Å². The molecule has 1 aliphatic carbocycles. The molecule has 94 valence electrons. The lowest BCUT2D eigenvalue weighted by atomic mass is 10.1. The van der Waals surface area contributed by atoms with Crippen LogP contribution in [0.25, 0.3) is 0 Å². The summed E-state index contributed by atoms with van der Waals surface area (Å²) in [6.45, 7) is 0. The molecule has 2 rings (SSSR count). The highest BCUT2D eigenvalue weighted by Gasteiger charge is 2.45. The Kier molecular flexibility index (Phi) is 2.52. The first-order valence-corrected chi connectivity index (χ1v) is 4.85. The second kappa shape index (κ2) is 3.64. The molecule has 1 aliphatic rings. The van der Waals surface area contributed by atoms with Crippen LogP contribution in [-0.4, -0.2) is 21.0 Å². The fraction of sp³-hybridized carbons (Fsp3) is 0.556. The minimum atomic E-state index is -4.67. The number of nitrogens with zero attached hydrogens (tertiary/aromatic N) is 2. The third-order valence-corrected chi connectivity index (χ3v) is 2.45. The van der Waals surface area contributed by atoms with Gasteiger partial charge < -0.3 is 9.84 Å². The molecule has 1 heterocycles. The zero-order valence-corrected chi connectivity index (χ0v) is 8.78. The molecule has 0 aromatic carbocycles. The number of hydrogen-bond acceptors (Lipinski definition) is 3. The second-order valence-corrected chi connectivity index (χ2v) is 3.83. The Labute approximate surface area is 93.8 Å². The Morgan fingerprint density at radius 1 is 1.53 bits per heavy atom. The molecule has 1 N–H and O–H groups in total. The van der Waals surface area contributed by atoms with Crippen molar-refractivity contribution in [2.45, 2.75) is 24.9 Å². The zero-order valence-electron chi connectivity index (χ0n) is 8.78. The van der Waals surface area contributed by atoms with Crippen LogP contribution < -0.4 is 4.74 Å². The lowest BCUT2D eigenvalue weighted by molar-refractivity contribution is -0.139. The van der Waals surface area contributed by atoms with Crippen LogP contribution in [-0.2, 0) is 13.2 Å². The summed E-state index contributed by atoms with van der Waals surface area (Å²) in [5.74, 6) is -1.02. The normalized spacial score (nSPS) is 16.0. The molecule has 0 atom stereocenters.